The molecule has 19 heavy (non-hydrogen) atoms. The molecule has 2 saturated carbocycles. The number of hydrogen-bond donors (Lipinski definition) is 1. The molecular weight excluding hydrogens is 246 g/mol. The number of rotatable bonds is 3. The molecule has 3 aliphatic carbocycles. The van der Waals surface area contributed by atoms with Crippen LogP contribution in [0.25, 0.3) is 0 Å². The van der Waals surface area contributed by atoms with E-state index >= 15 is 0 Å². The molecule has 0 aromatic heterocycles. The van der Waals surface area contributed by atoms with Crippen molar-refractivity contribution < 1.29 is 19.5 Å². The van der Waals surface area contributed by atoms with Crippen LogP contribution in [0.4, 0.5) is 0 Å². The van der Waals surface area contributed by atoms with Crippen molar-refractivity contribution >= 4 is 17.8 Å². The molecule has 0 aromatic carbocycles. The number of imide groups is 1. The largest absolute Gasteiger partial charge is 0.481 e. The quantitative estimate of drug-likeness (QED) is 0.598. The second kappa shape index (κ2) is 3.26. The molecule has 0 radical (unpaired) electrons. The van der Waals surface area contributed by atoms with E-state index in [2.05, 4.69) is 0 Å². The minimum atomic E-state index is -0.883. The first-order chi connectivity index (χ1) is 9.03. The molecule has 100 valence electrons. The SMILES string of the molecule is O=C1C2C3C=CC(C3)C2C(=O)N1CC1(C(=O)O)CC1. The highest BCUT2D eigenvalue weighted by Crippen LogP contribution is 2.54. The highest BCUT2D eigenvalue weighted by molar-refractivity contribution is 6.06. The number of fused-ring (bicyclic) bond motifs is 5. The van der Waals surface area contributed by atoms with Crippen LogP contribution in [0.1, 0.15) is 19.3 Å². The number of carbonyl (C=O) groups is 3. The highest BCUT2D eigenvalue weighted by Gasteiger charge is 2.62. The second-order valence-corrected chi connectivity index (χ2v) is 6.35. The predicted molar refractivity (Wildman–Crippen MR) is 63.7 cm³/mol. The van der Waals surface area contributed by atoms with Crippen molar-refractivity contribution in [3.63, 3.8) is 0 Å². The summed E-state index contributed by atoms with van der Waals surface area (Å²) in [5.41, 5.74) is -0.851. The Morgan fingerprint density at radius 3 is 2.16 bits per heavy atom. The molecule has 1 aliphatic heterocycles. The average molecular weight is 261 g/mol. The summed E-state index contributed by atoms with van der Waals surface area (Å²) in [4.78, 5) is 37.2. The molecule has 2 bridgehead atoms. The first-order valence-electron chi connectivity index (χ1n) is 6.80. The van der Waals surface area contributed by atoms with Gasteiger partial charge in [-0.25, -0.2) is 0 Å². The van der Waals surface area contributed by atoms with Gasteiger partial charge in [-0.3, -0.25) is 19.3 Å². The summed E-state index contributed by atoms with van der Waals surface area (Å²) in [6.07, 6.45) is 6.14. The molecule has 0 spiro atoms. The molecule has 2 amide bonds. The van der Waals surface area contributed by atoms with Gasteiger partial charge in [0.15, 0.2) is 0 Å². The Morgan fingerprint density at radius 2 is 1.74 bits per heavy atom. The molecule has 4 rings (SSSR count). The van der Waals surface area contributed by atoms with E-state index in [9.17, 15) is 19.5 Å². The van der Waals surface area contributed by atoms with Gasteiger partial charge in [-0.2, -0.15) is 0 Å². The van der Waals surface area contributed by atoms with Crippen molar-refractivity contribution in [2.45, 2.75) is 19.3 Å². The summed E-state index contributed by atoms with van der Waals surface area (Å²) in [7, 11) is 0. The molecule has 1 N–H and O–H groups in total. The molecule has 3 fully saturated rings. The van der Waals surface area contributed by atoms with Gasteiger partial charge in [0.05, 0.1) is 17.3 Å². The normalized spacial score (nSPS) is 40.9. The van der Waals surface area contributed by atoms with Crippen LogP contribution in [0.15, 0.2) is 12.2 Å². The minimum Gasteiger partial charge on any atom is -0.481 e. The zero-order valence-corrected chi connectivity index (χ0v) is 10.4. The van der Waals surface area contributed by atoms with Crippen molar-refractivity contribution in [3.05, 3.63) is 12.2 Å². The summed E-state index contributed by atoms with van der Waals surface area (Å²) in [6.45, 7) is 0.0758. The molecule has 1 heterocycles. The molecule has 5 heteroatoms. The van der Waals surface area contributed by atoms with Crippen molar-refractivity contribution in [1.82, 2.24) is 4.90 Å². The van der Waals surface area contributed by atoms with Crippen LogP contribution in [0.5, 0.6) is 0 Å². The molecule has 4 unspecified atom stereocenters. The minimum absolute atomic E-state index is 0.0758. The fourth-order valence-electron chi connectivity index (χ4n) is 4.01. The van der Waals surface area contributed by atoms with E-state index in [0.717, 1.165) is 6.42 Å². The zero-order chi connectivity index (χ0) is 13.4. The lowest BCUT2D eigenvalue weighted by Gasteiger charge is -2.20. The number of carbonyl (C=O) groups excluding carboxylic acids is 2. The van der Waals surface area contributed by atoms with Crippen molar-refractivity contribution in [1.29, 1.82) is 0 Å². The monoisotopic (exact) mass is 261 g/mol. The van der Waals surface area contributed by atoms with Gasteiger partial charge >= 0.3 is 5.97 Å². The van der Waals surface area contributed by atoms with Crippen LogP contribution in [0.2, 0.25) is 0 Å². The number of hydrogen-bond acceptors (Lipinski definition) is 3. The Hall–Kier alpha value is -1.65. The van der Waals surface area contributed by atoms with Crippen molar-refractivity contribution in [3.8, 4) is 0 Å². The smallest absolute Gasteiger partial charge is 0.311 e. The lowest BCUT2D eigenvalue weighted by molar-refractivity contribution is -0.147. The topological polar surface area (TPSA) is 74.7 Å². The molecule has 1 saturated heterocycles. The highest BCUT2D eigenvalue weighted by atomic mass is 16.4. The van der Waals surface area contributed by atoms with Crippen molar-refractivity contribution in [2.24, 2.45) is 29.1 Å². The van der Waals surface area contributed by atoms with E-state index in [1.807, 2.05) is 12.2 Å². The Kier molecular flexibility index (Phi) is 1.92. The van der Waals surface area contributed by atoms with Gasteiger partial charge in [0.1, 0.15) is 0 Å². The third-order valence-electron chi connectivity index (χ3n) is 5.33. The lowest BCUT2D eigenvalue weighted by Crippen LogP contribution is -2.40. The van der Waals surface area contributed by atoms with E-state index in [4.69, 9.17) is 0 Å². The Morgan fingerprint density at radius 1 is 1.21 bits per heavy atom. The zero-order valence-electron chi connectivity index (χ0n) is 10.4. The number of amides is 2. The van der Waals surface area contributed by atoms with Gasteiger partial charge in [-0.15, -0.1) is 0 Å². The summed E-state index contributed by atoms with van der Waals surface area (Å²) < 4.78 is 0. The number of aliphatic carboxylic acids is 1. The van der Waals surface area contributed by atoms with E-state index in [1.54, 1.807) is 0 Å². The molecular formula is C14H15NO4. The van der Waals surface area contributed by atoms with Gasteiger partial charge in [0.2, 0.25) is 11.8 Å². The molecule has 4 atom stereocenters. The fraction of sp³-hybridized carbons (Fsp3) is 0.643. The summed E-state index contributed by atoms with van der Waals surface area (Å²) >= 11 is 0. The van der Waals surface area contributed by atoms with Crippen LogP contribution < -0.4 is 0 Å². The van der Waals surface area contributed by atoms with E-state index in [-0.39, 0.29) is 42.0 Å². The van der Waals surface area contributed by atoms with Crippen molar-refractivity contribution in [2.75, 3.05) is 6.54 Å². The maximum absolute atomic E-state index is 12.4. The maximum atomic E-state index is 12.4. The molecule has 4 aliphatic rings. The van der Waals surface area contributed by atoms with Gasteiger partial charge in [0, 0.05) is 6.54 Å². The van der Waals surface area contributed by atoms with Crippen LogP contribution in [0, 0.1) is 29.1 Å². The van der Waals surface area contributed by atoms with Crippen LogP contribution >= 0.6 is 0 Å². The van der Waals surface area contributed by atoms with Crippen LogP contribution in [-0.4, -0.2) is 34.3 Å². The van der Waals surface area contributed by atoms with Gasteiger partial charge < -0.3 is 5.11 Å². The Bertz CT molecular complexity index is 504. The number of allylic oxidation sites excluding steroid dienone is 2. The number of nitrogens with zero attached hydrogens (tertiary/aromatic N) is 1. The summed E-state index contributed by atoms with van der Waals surface area (Å²) in [5, 5.41) is 9.19. The molecule has 0 aromatic rings. The van der Waals surface area contributed by atoms with Crippen LogP contribution in [0.3, 0.4) is 0 Å². The van der Waals surface area contributed by atoms with E-state index in [0.29, 0.717) is 12.8 Å². The van der Waals surface area contributed by atoms with Gasteiger partial charge in [0.25, 0.3) is 0 Å². The summed E-state index contributed by atoms with van der Waals surface area (Å²) in [6, 6.07) is 0. The third-order valence-corrected chi connectivity index (χ3v) is 5.33. The second-order valence-electron chi connectivity index (χ2n) is 6.35. The molecule has 5 nitrogen and oxygen atoms in total. The Balaban J connectivity index is 1.61. The van der Waals surface area contributed by atoms with E-state index in [1.165, 1.54) is 4.90 Å². The fourth-order valence-corrected chi connectivity index (χ4v) is 4.01. The first-order valence-corrected chi connectivity index (χ1v) is 6.80. The van der Waals surface area contributed by atoms with Gasteiger partial charge in [-0.05, 0) is 31.1 Å². The Labute approximate surface area is 110 Å². The first kappa shape index (κ1) is 11.2. The number of carboxylic acid groups (broad SMARTS) is 1. The van der Waals surface area contributed by atoms with Gasteiger partial charge in [-0.1, -0.05) is 12.2 Å². The third kappa shape index (κ3) is 1.28. The average Bonchev–Trinajstić information content (AvgIpc) is 2.77. The standard InChI is InChI=1S/C14H15NO4/c16-11-9-7-1-2-8(5-7)10(9)12(17)15(11)6-14(3-4-14)13(18)19/h1-2,7-10H,3-6H2,(H,18,19). The van der Waals surface area contributed by atoms with Crippen LogP contribution in [-0.2, 0) is 14.4 Å². The lowest BCUT2D eigenvalue weighted by atomic mass is 9.85. The predicted octanol–water partition coefficient (Wildman–Crippen LogP) is 0.658. The number of likely N-dealkylation sites (tertiary alicyclic amines) is 1. The maximum Gasteiger partial charge on any atom is 0.311 e. The number of carboxylic acids is 1. The van der Waals surface area contributed by atoms with E-state index < -0.39 is 11.4 Å². The summed E-state index contributed by atoms with van der Waals surface area (Å²) in [5.74, 6) is -1.21.